The van der Waals surface area contributed by atoms with Gasteiger partial charge in [-0.1, -0.05) is 0 Å². The summed E-state index contributed by atoms with van der Waals surface area (Å²) in [6.45, 7) is 3.68. The number of nitrogens with zero attached hydrogens (tertiary/aromatic N) is 1. The van der Waals surface area contributed by atoms with Gasteiger partial charge in [-0.3, -0.25) is 5.41 Å². The number of rotatable bonds is 2. The summed E-state index contributed by atoms with van der Waals surface area (Å²) in [5.41, 5.74) is 6.01. The average Bonchev–Trinajstić information content (AvgIpc) is 2.34. The van der Waals surface area contributed by atoms with Crippen molar-refractivity contribution in [3.63, 3.8) is 0 Å². The molecule has 1 aromatic heterocycles. The number of anilines is 1. The number of nitrogens with two attached hydrogens (primary N) is 1. The summed E-state index contributed by atoms with van der Waals surface area (Å²) in [4.78, 5) is 4.09. The molecule has 0 aliphatic carbocycles. The molecule has 0 saturated carbocycles. The van der Waals surface area contributed by atoms with Crippen LogP contribution in [-0.2, 0) is 6.42 Å². The van der Waals surface area contributed by atoms with Crippen LogP contribution in [0, 0.1) is 12.3 Å². The number of guanidine groups is 1. The van der Waals surface area contributed by atoms with Crippen LogP contribution < -0.4 is 11.1 Å². The van der Waals surface area contributed by atoms with Crippen LogP contribution in [0.5, 0.6) is 0 Å². The van der Waals surface area contributed by atoms with Crippen molar-refractivity contribution in [1.82, 2.24) is 4.98 Å². The van der Waals surface area contributed by atoms with Gasteiger partial charge in [0.2, 0.25) is 0 Å². The minimum absolute atomic E-state index is 0.0880. The Bertz CT molecular complexity index is 255. The minimum atomic E-state index is -0.0880. The van der Waals surface area contributed by atoms with Crippen LogP contribution in [0.3, 0.4) is 0 Å². The number of hydrogen-bond acceptors (Lipinski definition) is 3. The van der Waals surface area contributed by atoms with Gasteiger partial charge in [0, 0.05) is 5.38 Å². The van der Waals surface area contributed by atoms with Crippen molar-refractivity contribution >= 4 is 22.4 Å². The molecule has 0 unspecified atom stereocenters. The van der Waals surface area contributed by atoms with E-state index in [0.717, 1.165) is 5.69 Å². The molecule has 0 atom stereocenters. The van der Waals surface area contributed by atoms with Crippen LogP contribution in [0.4, 0.5) is 5.13 Å². The zero-order chi connectivity index (χ0) is 8.27. The molecule has 11 heavy (non-hydrogen) atoms. The Balaban J connectivity index is 2.65. The maximum Gasteiger partial charge on any atom is 0.192 e. The maximum atomic E-state index is 6.92. The Kier molecular flexibility index (Phi) is 2.43. The lowest BCUT2D eigenvalue weighted by atomic mass is 10.4. The van der Waals surface area contributed by atoms with Crippen molar-refractivity contribution < 1.29 is 0 Å². The van der Waals surface area contributed by atoms with Crippen LogP contribution >= 0.6 is 11.3 Å². The molecule has 1 aromatic rings. The molecule has 0 aliphatic heterocycles. The smallest absolute Gasteiger partial charge is 0.192 e. The minimum Gasteiger partial charge on any atom is -0.370 e. The van der Waals surface area contributed by atoms with Gasteiger partial charge < -0.3 is 11.1 Å². The van der Waals surface area contributed by atoms with Crippen molar-refractivity contribution in [1.29, 1.82) is 5.41 Å². The van der Waals surface area contributed by atoms with Gasteiger partial charge >= 0.3 is 0 Å². The van der Waals surface area contributed by atoms with Crippen molar-refractivity contribution in [3.8, 4) is 0 Å². The first-order chi connectivity index (χ1) is 5.22. The van der Waals surface area contributed by atoms with Crippen molar-refractivity contribution in [2.45, 2.75) is 6.42 Å². The molecular weight excluding hydrogens is 160 g/mol. The summed E-state index contributed by atoms with van der Waals surface area (Å²) >= 11 is 1.42. The third-order valence-corrected chi connectivity index (χ3v) is 1.86. The lowest BCUT2D eigenvalue weighted by molar-refractivity contribution is 1.15. The molecule has 1 rings (SSSR count). The highest BCUT2D eigenvalue weighted by Crippen LogP contribution is 2.14. The molecule has 0 amide bonds. The molecule has 4 N–H and O–H groups in total. The van der Waals surface area contributed by atoms with E-state index in [4.69, 9.17) is 11.1 Å². The first-order valence-electron chi connectivity index (χ1n) is 3.07. The Morgan fingerprint density at radius 2 is 2.64 bits per heavy atom. The molecule has 59 valence electrons. The molecule has 0 aliphatic rings. The van der Waals surface area contributed by atoms with E-state index >= 15 is 0 Å². The Labute approximate surface area is 69.0 Å². The van der Waals surface area contributed by atoms with E-state index in [0.29, 0.717) is 11.6 Å². The van der Waals surface area contributed by atoms with Gasteiger partial charge in [0.1, 0.15) is 0 Å². The molecule has 4 nitrogen and oxygen atoms in total. The van der Waals surface area contributed by atoms with E-state index in [1.807, 2.05) is 5.38 Å². The number of aromatic nitrogens is 1. The van der Waals surface area contributed by atoms with Gasteiger partial charge in [-0.25, -0.2) is 4.98 Å². The van der Waals surface area contributed by atoms with Gasteiger partial charge in [0.25, 0.3) is 0 Å². The summed E-state index contributed by atoms with van der Waals surface area (Å²) < 4.78 is 0. The highest BCUT2D eigenvalue weighted by atomic mass is 32.1. The average molecular weight is 169 g/mol. The highest BCUT2D eigenvalue weighted by Gasteiger charge is 1.98. The van der Waals surface area contributed by atoms with Crippen molar-refractivity contribution in [3.05, 3.63) is 18.0 Å². The zero-order valence-electron chi connectivity index (χ0n) is 5.92. The van der Waals surface area contributed by atoms with E-state index in [2.05, 4.69) is 17.2 Å². The van der Waals surface area contributed by atoms with Gasteiger partial charge in [-0.2, -0.15) is 0 Å². The predicted molar refractivity (Wildman–Crippen MR) is 46.7 cm³/mol. The fourth-order valence-electron chi connectivity index (χ4n) is 0.594. The highest BCUT2D eigenvalue weighted by molar-refractivity contribution is 7.13. The Morgan fingerprint density at radius 1 is 1.91 bits per heavy atom. The molecule has 0 aromatic carbocycles. The normalized spacial score (nSPS) is 9.55. The number of nitrogens with one attached hydrogen (secondary N) is 2. The van der Waals surface area contributed by atoms with Crippen LogP contribution in [-0.4, -0.2) is 10.9 Å². The molecule has 0 bridgehead atoms. The molecular formula is C6H9N4S. The first-order valence-corrected chi connectivity index (χ1v) is 3.95. The van der Waals surface area contributed by atoms with Crippen LogP contribution in [0.25, 0.3) is 0 Å². The van der Waals surface area contributed by atoms with E-state index < -0.39 is 0 Å². The summed E-state index contributed by atoms with van der Waals surface area (Å²) in [6, 6.07) is 0. The number of thiazole rings is 1. The van der Waals surface area contributed by atoms with E-state index in [9.17, 15) is 0 Å². The fraction of sp³-hybridized carbons (Fsp3) is 0.167. The Morgan fingerprint density at radius 3 is 3.09 bits per heavy atom. The van der Waals surface area contributed by atoms with E-state index in [1.54, 1.807) is 0 Å². The lowest BCUT2D eigenvalue weighted by Crippen LogP contribution is -2.20. The molecule has 0 fully saturated rings. The monoisotopic (exact) mass is 169 g/mol. The first kappa shape index (κ1) is 8.00. The standard InChI is InChI=1S/C6H9N4S/c1-2-4-3-11-6(9-4)10-5(7)8/h3H,1-2H2,(H4,7,8,9,10). The summed E-state index contributed by atoms with van der Waals surface area (Å²) in [5, 5.41) is 12.1. The molecule has 0 saturated heterocycles. The molecule has 0 spiro atoms. The third-order valence-electron chi connectivity index (χ3n) is 1.05. The molecule has 1 radical (unpaired) electrons. The SMILES string of the molecule is [CH2]Cc1csc(NC(=N)N)n1. The van der Waals surface area contributed by atoms with E-state index in [-0.39, 0.29) is 5.96 Å². The van der Waals surface area contributed by atoms with Crippen LogP contribution in [0.15, 0.2) is 5.38 Å². The predicted octanol–water partition coefficient (Wildman–Crippen LogP) is 0.825. The molecule has 5 heteroatoms. The van der Waals surface area contributed by atoms with E-state index in [1.165, 1.54) is 11.3 Å². The van der Waals surface area contributed by atoms with Gasteiger partial charge in [0.15, 0.2) is 11.1 Å². The maximum absolute atomic E-state index is 6.92. The second kappa shape index (κ2) is 3.34. The Hall–Kier alpha value is -1.10. The molecule has 1 heterocycles. The second-order valence-corrected chi connectivity index (χ2v) is 2.79. The quantitative estimate of drug-likeness (QED) is 0.453. The summed E-state index contributed by atoms with van der Waals surface area (Å²) in [7, 11) is 0. The van der Waals surface area contributed by atoms with Gasteiger partial charge in [-0.15, -0.1) is 11.3 Å². The van der Waals surface area contributed by atoms with Crippen LogP contribution in [0.2, 0.25) is 0 Å². The lowest BCUT2D eigenvalue weighted by Gasteiger charge is -1.95. The van der Waals surface area contributed by atoms with Crippen LogP contribution in [0.1, 0.15) is 5.69 Å². The largest absolute Gasteiger partial charge is 0.370 e. The topological polar surface area (TPSA) is 74.8 Å². The van der Waals surface area contributed by atoms with Crippen molar-refractivity contribution in [2.75, 3.05) is 5.32 Å². The number of hydrogen-bond donors (Lipinski definition) is 3. The second-order valence-electron chi connectivity index (χ2n) is 1.93. The summed E-state index contributed by atoms with van der Waals surface area (Å²) in [6.07, 6.45) is 0.663. The van der Waals surface area contributed by atoms with Gasteiger partial charge in [-0.05, 0) is 13.3 Å². The zero-order valence-corrected chi connectivity index (χ0v) is 6.74. The third kappa shape index (κ3) is 2.19. The van der Waals surface area contributed by atoms with Crippen molar-refractivity contribution in [2.24, 2.45) is 5.73 Å². The van der Waals surface area contributed by atoms with Gasteiger partial charge in [0.05, 0.1) is 5.69 Å². The fourth-order valence-corrected chi connectivity index (χ4v) is 1.35. The summed E-state index contributed by atoms with van der Waals surface area (Å²) in [5.74, 6) is -0.0880.